The van der Waals surface area contributed by atoms with Crippen LogP contribution in [0.4, 0.5) is 23.3 Å². The molecule has 0 amide bonds. The molecule has 3 saturated carbocycles. The van der Waals surface area contributed by atoms with Crippen molar-refractivity contribution in [2.24, 2.45) is 17.2 Å². The van der Waals surface area contributed by atoms with E-state index in [-0.39, 0.29) is 24.0 Å². The summed E-state index contributed by atoms with van der Waals surface area (Å²) in [6.07, 6.45) is 14.7. The van der Waals surface area contributed by atoms with E-state index in [1.165, 1.54) is 30.4 Å². The van der Waals surface area contributed by atoms with Gasteiger partial charge in [0.05, 0.1) is 29.9 Å². The van der Waals surface area contributed by atoms with Crippen LogP contribution in [-0.4, -0.2) is 103 Å². The average Bonchev–Trinajstić information content (AvgIpc) is 1.55. The van der Waals surface area contributed by atoms with E-state index < -0.39 is 0 Å². The number of fused-ring (bicyclic) bond motifs is 3. The minimum Gasteiger partial charge on any atom is -0.439 e. The van der Waals surface area contributed by atoms with Crippen molar-refractivity contribution in [2.45, 2.75) is 91.8 Å². The fraction of sp³-hybridized carbons (Fsp3) is 0.232. The highest BCUT2D eigenvalue weighted by Gasteiger charge is 2.37. The summed E-state index contributed by atoms with van der Waals surface area (Å²) in [5.74, 6) is 5.40. The zero-order valence-corrected chi connectivity index (χ0v) is 58.3. The number of pyridine rings is 6. The summed E-state index contributed by atoms with van der Waals surface area (Å²) in [5, 5.41) is 4.38. The Balaban J connectivity index is 0.000000126. The van der Waals surface area contributed by atoms with Crippen molar-refractivity contribution < 1.29 is 9.47 Å². The lowest BCUT2D eigenvalue weighted by molar-refractivity contribution is 0.0398. The molecule has 23 heteroatoms. The first-order chi connectivity index (χ1) is 50.8. The van der Waals surface area contributed by atoms with Gasteiger partial charge in [0.1, 0.15) is 50.6 Å². The third-order valence-electron chi connectivity index (χ3n) is 20.3. The van der Waals surface area contributed by atoms with Gasteiger partial charge in [-0.3, -0.25) is 18.6 Å². The van der Waals surface area contributed by atoms with E-state index >= 15 is 0 Å². The van der Waals surface area contributed by atoms with Crippen molar-refractivity contribution in [3.63, 3.8) is 0 Å². The summed E-state index contributed by atoms with van der Waals surface area (Å²) < 4.78 is 17.6. The van der Waals surface area contributed by atoms with Crippen LogP contribution in [-0.2, 0) is 21.4 Å². The predicted molar refractivity (Wildman–Crippen MR) is 418 cm³/mol. The lowest BCUT2D eigenvalue weighted by Gasteiger charge is -2.38. The van der Waals surface area contributed by atoms with Crippen molar-refractivity contribution in [3.8, 4) is 62.9 Å². The Kier molecular flexibility index (Phi) is 19.6. The number of hydrogen-bond acceptors (Lipinski definition) is 20. The Hall–Kier alpha value is -11.4. The van der Waals surface area contributed by atoms with Gasteiger partial charge in [-0.1, -0.05) is 92.0 Å². The van der Waals surface area contributed by atoms with Crippen LogP contribution >= 0.6 is 11.8 Å². The summed E-state index contributed by atoms with van der Waals surface area (Å²) >= 11 is 1.63. The number of rotatable bonds is 17. The first-order valence-electron chi connectivity index (χ1n) is 35.3. The number of hydrogen-bond donors (Lipinski definition) is 7. The summed E-state index contributed by atoms with van der Waals surface area (Å²) in [7, 11) is 0. The van der Waals surface area contributed by atoms with Crippen LogP contribution in [0.5, 0.6) is 11.6 Å². The van der Waals surface area contributed by atoms with Crippen LogP contribution in [0, 0.1) is 0 Å². The quantitative estimate of drug-likeness (QED) is 0.0445. The molecular weight excluding hydrogens is 1330 g/mol. The topological polar surface area (TPSA) is 321 Å². The summed E-state index contributed by atoms with van der Waals surface area (Å²) in [4.78, 5) is 45.8. The number of nitrogens with zero attached hydrogens (tertiary/aromatic N) is 13. The molecule has 22 nitrogen and oxygen atoms in total. The smallest absolute Gasteiger partial charge is 0.221 e. The van der Waals surface area contributed by atoms with Gasteiger partial charge in [0.15, 0.2) is 34.4 Å². The van der Waals surface area contributed by atoms with Crippen LogP contribution in [0.3, 0.4) is 0 Å². The van der Waals surface area contributed by atoms with E-state index in [4.69, 9.17) is 73.8 Å². The van der Waals surface area contributed by atoms with Crippen LogP contribution in [0.1, 0.15) is 81.9 Å². The van der Waals surface area contributed by atoms with E-state index in [1.807, 2.05) is 126 Å². The first-order valence-corrected chi connectivity index (χ1v) is 36.1. The molecule has 1 aliphatic heterocycles. The second-order valence-electron chi connectivity index (χ2n) is 27.0. The largest absolute Gasteiger partial charge is 0.439 e. The van der Waals surface area contributed by atoms with E-state index in [0.29, 0.717) is 46.5 Å². The Labute approximate surface area is 613 Å². The van der Waals surface area contributed by atoms with Gasteiger partial charge in [-0.25, -0.2) is 39.9 Å². The molecule has 105 heavy (non-hydrogen) atoms. The van der Waals surface area contributed by atoms with Crippen molar-refractivity contribution in [3.05, 3.63) is 242 Å². The van der Waals surface area contributed by atoms with Gasteiger partial charge in [0.25, 0.3) is 0 Å². The Bertz CT molecular complexity index is 5130. The van der Waals surface area contributed by atoms with Crippen molar-refractivity contribution in [1.29, 1.82) is 0 Å². The Morgan fingerprint density at radius 1 is 0.429 bits per heavy atom. The van der Waals surface area contributed by atoms with Gasteiger partial charge in [-0.15, -0.1) is 0 Å². The minimum atomic E-state index is -0.221. The number of para-hydroxylation sites is 1. The van der Waals surface area contributed by atoms with Gasteiger partial charge in [0, 0.05) is 89.4 Å². The van der Waals surface area contributed by atoms with E-state index in [9.17, 15) is 0 Å². The fourth-order valence-electron chi connectivity index (χ4n) is 13.9. The molecule has 3 aliphatic carbocycles. The van der Waals surface area contributed by atoms with Gasteiger partial charge >= 0.3 is 0 Å². The molecule has 9 aromatic heterocycles. The molecule has 0 spiro atoms. The summed E-state index contributed by atoms with van der Waals surface area (Å²) in [6, 6.07) is 68.2. The highest BCUT2D eigenvalue weighted by atomic mass is 32.2. The van der Waals surface area contributed by atoms with Gasteiger partial charge in [-0.2, -0.15) is 4.98 Å². The normalized spacial score (nSPS) is 15.6. The number of aromatic nitrogens is 12. The predicted octanol–water partition coefficient (Wildman–Crippen LogP) is 14.5. The third kappa shape index (κ3) is 14.3. The lowest BCUT2D eigenvalue weighted by atomic mass is 9.73. The Morgan fingerprint density at radius 2 is 0.838 bits per heavy atom. The van der Waals surface area contributed by atoms with Crippen molar-refractivity contribution in [1.82, 2.24) is 63.5 Å². The highest BCUT2D eigenvalue weighted by molar-refractivity contribution is 7.99. The van der Waals surface area contributed by atoms with Gasteiger partial charge in [0.2, 0.25) is 5.88 Å². The van der Waals surface area contributed by atoms with E-state index in [2.05, 4.69) is 119 Å². The van der Waals surface area contributed by atoms with Crippen molar-refractivity contribution >= 4 is 68.5 Å². The number of ether oxygens (including phenoxy) is 2. The lowest BCUT2D eigenvalue weighted by Crippen LogP contribution is -2.43. The zero-order chi connectivity index (χ0) is 70.8. The monoisotopic (exact) mass is 1410 g/mol. The Morgan fingerprint density at radius 3 is 1.27 bits per heavy atom. The number of morpholine rings is 1. The molecule has 10 heterocycles. The maximum Gasteiger partial charge on any atom is 0.221 e. The molecule has 0 radical (unpaired) electrons. The molecular formula is C82H84N20O2S. The number of nitrogens with two attached hydrogens (primary N) is 6. The minimum absolute atomic E-state index is 0. The number of imidazole rings is 3. The molecule has 13 N–H and O–H groups in total. The fourth-order valence-corrected chi connectivity index (χ4v) is 14.7. The summed E-state index contributed by atoms with van der Waals surface area (Å²) in [6.45, 7) is 5.29. The molecule has 0 unspecified atom stereocenters. The zero-order valence-electron chi connectivity index (χ0n) is 57.5. The molecule has 14 aromatic rings. The number of nitrogens with one attached hydrogen (secondary N) is 1. The highest BCUT2D eigenvalue weighted by Crippen LogP contribution is 2.43. The second-order valence-corrected chi connectivity index (χ2v) is 28.1. The number of benzene rings is 5. The number of nitrogen functional groups attached to an aromatic ring is 3. The molecule has 0 atom stereocenters. The van der Waals surface area contributed by atoms with E-state index in [0.717, 1.165) is 167 Å². The molecule has 4 fully saturated rings. The third-order valence-corrected chi connectivity index (χ3v) is 21.3. The van der Waals surface area contributed by atoms with Crippen LogP contribution in [0.15, 0.2) is 235 Å². The van der Waals surface area contributed by atoms with Gasteiger partial charge < -0.3 is 49.2 Å². The number of anilines is 4. The molecule has 18 rings (SSSR count). The van der Waals surface area contributed by atoms with Crippen molar-refractivity contribution in [2.75, 3.05) is 61.9 Å². The molecule has 4 aliphatic rings. The summed E-state index contributed by atoms with van der Waals surface area (Å²) in [5.41, 5.74) is 50.9. The molecule has 530 valence electrons. The van der Waals surface area contributed by atoms with Crippen LogP contribution in [0.25, 0.3) is 84.7 Å². The van der Waals surface area contributed by atoms with Gasteiger partial charge in [-0.05, 0) is 202 Å². The SMILES string of the molecule is C.Nc1ncccc1-c1nc2ccc(NCCN3CCOCC3)nc2n1-c1ccc(C2(N)CCC2)cc1.Nc1ncccc1-c1nc2ccc(Oc3ccccc3)nc2n1-c1ccc(C2(N)CCC2)cc1.Nc1ncccc1-c1nc2ccc(Sc3ccccc3)nc2n1-c1ccc(C2(N)CCC2)cc1. The molecule has 0 bridgehead atoms. The van der Waals surface area contributed by atoms with Crippen LogP contribution in [0.2, 0.25) is 0 Å². The first kappa shape index (κ1) is 69.3. The maximum atomic E-state index is 6.57. The second kappa shape index (κ2) is 29.7. The van der Waals surface area contributed by atoms with Crippen LogP contribution < -0.4 is 44.5 Å². The maximum absolute atomic E-state index is 6.57. The standard InChI is InChI=1S/C27H32N8O.C27H24N6O.C27H24N6S.CH4/c28-24-21(3-1-12-31-24)25-32-22-8-9-23(30-13-14-34-15-17-36-18-16-34)33-26(22)35(25)20-6-4-19(5-7-20)27(29)10-2-11-27;2*28-24-21(8-4-17-30-24)25-31-22-13-14-23(34-20-6-2-1-3-7-20)32-26(22)33(25)19-11-9-18(10-12-19)27(29)15-5-16-27;/h1,3-9,12H,2,10-11,13-18,29H2,(H2,28,31)(H,30,33);2*1-4,6-14,17H,5,15-16,29H2,(H2,28,30);1H4. The molecule has 1 saturated heterocycles. The average molecular weight is 1410 g/mol. The van der Waals surface area contributed by atoms with E-state index in [1.54, 1.807) is 30.4 Å². The molecule has 5 aromatic carbocycles.